The fraction of sp³-hybridized carbons (Fsp3) is 0.538. The molecule has 1 unspecified atom stereocenters. The van der Waals surface area contributed by atoms with E-state index in [0.717, 1.165) is 23.0 Å². The Morgan fingerprint density at radius 2 is 2.19 bits per heavy atom. The summed E-state index contributed by atoms with van der Waals surface area (Å²) < 4.78 is 1.04. The van der Waals surface area contributed by atoms with Crippen LogP contribution >= 0.6 is 15.9 Å². The number of nitrogens with one attached hydrogen (secondary N) is 1. The number of aliphatic hydroxyl groups excluding tert-OH is 1. The maximum absolute atomic E-state index is 9.33. The molecule has 2 N–H and O–H groups in total. The molecule has 0 aliphatic carbocycles. The van der Waals surface area contributed by atoms with Crippen molar-refractivity contribution in [3.05, 3.63) is 33.8 Å². The van der Waals surface area contributed by atoms with Gasteiger partial charge in [-0.3, -0.25) is 0 Å². The van der Waals surface area contributed by atoms with E-state index in [-0.39, 0.29) is 6.61 Å². The summed E-state index contributed by atoms with van der Waals surface area (Å²) in [5, 5.41) is 12.9. The molecule has 1 saturated heterocycles. The number of piperidine rings is 1. The summed E-state index contributed by atoms with van der Waals surface area (Å²) in [4.78, 5) is 0. The van der Waals surface area contributed by atoms with Crippen molar-refractivity contribution in [3.63, 3.8) is 0 Å². The Bertz CT molecular complexity index is 348. The van der Waals surface area contributed by atoms with Crippen molar-refractivity contribution in [2.45, 2.75) is 38.3 Å². The first kappa shape index (κ1) is 12.1. The van der Waals surface area contributed by atoms with Gasteiger partial charge in [0.25, 0.3) is 0 Å². The summed E-state index contributed by atoms with van der Waals surface area (Å²) in [5.41, 5.74) is 2.31. The maximum Gasteiger partial charge on any atom is 0.0684 e. The molecule has 2 rings (SSSR count). The molecule has 2 nitrogen and oxygen atoms in total. The average Bonchev–Trinajstić information content (AvgIpc) is 2.33. The second-order valence-corrected chi connectivity index (χ2v) is 5.34. The van der Waals surface area contributed by atoms with E-state index in [1.54, 1.807) is 0 Å². The molecular weight excluding hydrogens is 266 g/mol. The summed E-state index contributed by atoms with van der Waals surface area (Å²) >= 11 is 3.44. The highest BCUT2D eigenvalue weighted by atomic mass is 79.9. The zero-order valence-corrected chi connectivity index (χ0v) is 11.0. The second-order valence-electron chi connectivity index (χ2n) is 4.42. The van der Waals surface area contributed by atoms with Crippen LogP contribution in [-0.2, 0) is 13.0 Å². The van der Waals surface area contributed by atoms with Crippen molar-refractivity contribution in [2.75, 3.05) is 6.54 Å². The number of rotatable bonds is 3. The van der Waals surface area contributed by atoms with Gasteiger partial charge < -0.3 is 10.4 Å². The fourth-order valence-electron chi connectivity index (χ4n) is 2.30. The SMILES string of the molecule is OCc1cc(Br)ccc1CC1CCCCN1. The van der Waals surface area contributed by atoms with E-state index in [4.69, 9.17) is 0 Å². The van der Waals surface area contributed by atoms with Crippen molar-refractivity contribution < 1.29 is 5.11 Å². The highest BCUT2D eigenvalue weighted by Crippen LogP contribution is 2.20. The van der Waals surface area contributed by atoms with Crippen LogP contribution in [0.15, 0.2) is 22.7 Å². The lowest BCUT2D eigenvalue weighted by atomic mass is 9.95. The molecule has 0 bridgehead atoms. The van der Waals surface area contributed by atoms with Gasteiger partial charge in [-0.1, -0.05) is 28.4 Å². The Labute approximate surface area is 105 Å². The van der Waals surface area contributed by atoms with Crippen molar-refractivity contribution >= 4 is 15.9 Å². The zero-order chi connectivity index (χ0) is 11.4. The average molecular weight is 284 g/mol. The van der Waals surface area contributed by atoms with Gasteiger partial charge in [0.05, 0.1) is 6.61 Å². The molecule has 1 fully saturated rings. The number of benzene rings is 1. The Hall–Kier alpha value is -0.380. The predicted octanol–water partition coefficient (Wildman–Crippen LogP) is 2.63. The molecule has 3 heteroatoms. The lowest BCUT2D eigenvalue weighted by Gasteiger charge is -2.24. The first-order chi connectivity index (χ1) is 7.79. The molecule has 1 heterocycles. The van der Waals surface area contributed by atoms with E-state index >= 15 is 0 Å². The zero-order valence-electron chi connectivity index (χ0n) is 9.38. The molecule has 1 aromatic carbocycles. The lowest BCUT2D eigenvalue weighted by molar-refractivity contribution is 0.279. The molecular formula is C13H18BrNO. The quantitative estimate of drug-likeness (QED) is 0.894. The van der Waals surface area contributed by atoms with E-state index in [2.05, 4.69) is 33.4 Å². The van der Waals surface area contributed by atoms with Crippen LogP contribution in [0.3, 0.4) is 0 Å². The van der Waals surface area contributed by atoms with Crippen molar-refractivity contribution in [2.24, 2.45) is 0 Å². The lowest BCUT2D eigenvalue weighted by Crippen LogP contribution is -2.35. The molecule has 1 aliphatic rings. The third kappa shape index (κ3) is 3.06. The summed E-state index contributed by atoms with van der Waals surface area (Å²) in [7, 11) is 0. The highest BCUT2D eigenvalue weighted by Gasteiger charge is 2.14. The molecule has 0 aromatic heterocycles. The number of halogens is 1. The second kappa shape index (κ2) is 5.80. The minimum atomic E-state index is 0.126. The van der Waals surface area contributed by atoms with Gasteiger partial charge in [-0.05, 0) is 49.1 Å². The monoisotopic (exact) mass is 283 g/mol. The molecule has 88 valence electrons. The van der Waals surface area contributed by atoms with Gasteiger partial charge in [-0.15, -0.1) is 0 Å². The van der Waals surface area contributed by atoms with E-state index in [1.807, 2.05) is 6.07 Å². The Kier molecular flexibility index (Phi) is 4.38. The molecule has 0 spiro atoms. The maximum atomic E-state index is 9.33. The Balaban J connectivity index is 2.07. The van der Waals surface area contributed by atoms with Crippen LogP contribution < -0.4 is 5.32 Å². The van der Waals surface area contributed by atoms with Crippen LogP contribution in [0.2, 0.25) is 0 Å². The highest BCUT2D eigenvalue weighted by molar-refractivity contribution is 9.10. The first-order valence-corrected chi connectivity index (χ1v) is 6.70. The number of aliphatic hydroxyl groups is 1. The van der Waals surface area contributed by atoms with Crippen molar-refractivity contribution in [1.82, 2.24) is 5.32 Å². The van der Waals surface area contributed by atoms with E-state index in [9.17, 15) is 5.11 Å². The summed E-state index contributed by atoms with van der Waals surface area (Å²) in [6.45, 7) is 1.26. The van der Waals surface area contributed by atoms with Crippen LogP contribution in [-0.4, -0.2) is 17.7 Å². The van der Waals surface area contributed by atoms with Crippen LogP contribution in [0.1, 0.15) is 30.4 Å². The van der Waals surface area contributed by atoms with Crippen LogP contribution in [0, 0.1) is 0 Å². The molecule has 0 amide bonds. The fourth-order valence-corrected chi connectivity index (χ4v) is 2.71. The summed E-state index contributed by atoms with van der Waals surface area (Å²) in [6, 6.07) is 6.77. The van der Waals surface area contributed by atoms with Crippen molar-refractivity contribution in [3.8, 4) is 0 Å². The van der Waals surface area contributed by atoms with Gasteiger partial charge in [0.1, 0.15) is 0 Å². The standard InChI is InChI=1S/C13H18BrNO/c14-12-5-4-10(11(7-12)9-16)8-13-3-1-2-6-15-13/h4-5,7,13,15-16H,1-3,6,8-9H2. The molecule has 1 aromatic rings. The molecule has 0 saturated carbocycles. The number of hydrogen-bond donors (Lipinski definition) is 2. The molecule has 0 radical (unpaired) electrons. The third-order valence-corrected chi connectivity index (χ3v) is 3.71. The molecule has 16 heavy (non-hydrogen) atoms. The third-order valence-electron chi connectivity index (χ3n) is 3.22. The minimum Gasteiger partial charge on any atom is -0.392 e. The summed E-state index contributed by atoms with van der Waals surface area (Å²) in [6.07, 6.45) is 4.90. The van der Waals surface area contributed by atoms with Crippen LogP contribution in [0.5, 0.6) is 0 Å². The van der Waals surface area contributed by atoms with Crippen LogP contribution in [0.4, 0.5) is 0 Å². The molecule has 1 aliphatic heterocycles. The van der Waals surface area contributed by atoms with Gasteiger partial charge in [0, 0.05) is 10.5 Å². The summed E-state index contributed by atoms with van der Waals surface area (Å²) in [5.74, 6) is 0. The van der Waals surface area contributed by atoms with E-state index < -0.39 is 0 Å². The van der Waals surface area contributed by atoms with Gasteiger partial charge in [-0.25, -0.2) is 0 Å². The molecule has 1 atom stereocenters. The van der Waals surface area contributed by atoms with Crippen molar-refractivity contribution in [1.29, 1.82) is 0 Å². The Morgan fingerprint density at radius 1 is 1.31 bits per heavy atom. The predicted molar refractivity (Wildman–Crippen MR) is 69.4 cm³/mol. The minimum absolute atomic E-state index is 0.126. The van der Waals surface area contributed by atoms with Crippen LogP contribution in [0.25, 0.3) is 0 Å². The van der Waals surface area contributed by atoms with E-state index in [1.165, 1.54) is 24.8 Å². The largest absolute Gasteiger partial charge is 0.392 e. The van der Waals surface area contributed by atoms with Gasteiger partial charge >= 0.3 is 0 Å². The van der Waals surface area contributed by atoms with Gasteiger partial charge in [0.2, 0.25) is 0 Å². The van der Waals surface area contributed by atoms with Gasteiger partial charge in [0.15, 0.2) is 0 Å². The topological polar surface area (TPSA) is 32.3 Å². The first-order valence-electron chi connectivity index (χ1n) is 5.91. The number of hydrogen-bond acceptors (Lipinski definition) is 2. The smallest absolute Gasteiger partial charge is 0.0684 e. The Morgan fingerprint density at radius 3 is 2.88 bits per heavy atom. The van der Waals surface area contributed by atoms with E-state index in [0.29, 0.717) is 6.04 Å². The normalized spacial score (nSPS) is 21.0. The van der Waals surface area contributed by atoms with Gasteiger partial charge in [-0.2, -0.15) is 0 Å².